The zero-order valence-corrected chi connectivity index (χ0v) is 12.3. The standard InChI is InChI=1S/C16H24N2O2/c1-12-15(4-3-10-17-12)16(19)18-11-9-13-5-7-14(20-2)8-6-13/h5-8,12,15,17H,3-4,9-11H2,1-2H3,(H,18,19). The normalized spacial score (nSPS) is 22.3. The molecule has 2 rings (SSSR count). The van der Waals surface area contributed by atoms with Gasteiger partial charge in [0.15, 0.2) is 0 Å². The van der Waals surface area contributed by atoms with E-state index in [1.54, 1.807) is 7.11 Å². The first-order valence-electron chi connectivity index (χ1n) is 7.34. The van der Waals surface area contributed by atoms with Crippen LogP contribution >= 0.6 is 0 Å². The van der Waals surface area contributed by atoms with Crippen LogP contribution < -0.4 is 15.4 Å². The summed E-state index contributed by atoms with van der Waals surface area (Å²) >= 11 is 0. The lowest BCUT2D eigenvalue weighted by Crippen LogP contribution is -2.47. The van der Waals surface area contributed by atoms with Crippen LogP contribution in [-0.4, -0.2) is 32.1 Å². The lowest BCUT2D eigenvalue weighted by atomic mass is 9.91. The maximum absolute atomic E-state index is 12.1. The van der Waals surface area contributed by atoms with Gasteiger partial charge in [-0.05, 0) is 50.4 Å². The Balaban J connectivity index is 1.75. The number of hydrogen-bond acceptors (Lipinski definition) is 3. The Labute approximate surface area is 120 Å². The van der Waals surface area contributed by atoms with E-state index in [2.05, 4.69) is 17.6 Å². The molecule has 110 valence electrons. The molecule has 2 atom stereocenters. The molecule has 2 N–H and O–H groups in total. The first-order valence-corrected chi connectivity index (χ1v) is 7.34. The summed E-state index contributed by atoms with van der Waals surface area (Å²) in [5.74, 6) is 1.15. The van der Waals surface area contributed by atoms with Gasteiger partial charge in [-0.3, -0.25) is 4.79 Å². The summed E-state index contributed by atoms with van der Waals surface area (Å²) < 4.78 is 5.13. The third-order valence-electron chi connectivity index (χ3n) is 3.97. The minimum atomic E-state index is 0.111. The average molecular weight is 276 g/mol. The van der Waals surface area contributed by atoms with Crippen LogP contribution in [0.15, 0.2) is 24.3 Å². The van der Waals surface area contributed by atoms with Gasteiger partial charge in [0.1, 0.15) is 5.75 Å². The maximum atomic E-state index is 12.1. The Morgan fingerprint density at radius 3 is 2.80 bits per heavy atom. The summed E-state index contributed by atoms with van der Waals surface area (Å²) in [5, 5.41) is 6.41. The lowest BCUT2D eigenvalue weighted by molar-refractivity contribution is -0.126. The third-order valence-corrected chi connectivity index (χ3v) is 3.97. The van der Waals surface area contributed by atoms with Crippen LogP contribution in [0.4, 0.5) is 0 Å². The number of carbonyl (C=O) groups is 1. The van der Waals surface area contributed by atoms with Crippen LogP contribution in [0.1, 0.15) is 25.3 Å². The van der Waals surface area contributed by atoms with Crippen molar-refractivity contribution in [3.8, 4) is 5.75 Å². The second-order valence-corrected chi connectivity index (χ2v) is 5.38. The fraction of sp³-hybridized carbons (Fsp3) is 0.562. The number of nitrogens with one attached hydrogen (secondary N) is 2. The Hall–Kier alpha value is -1.55. The Bertz CT molecular complexity index is 431. The molecule has 1 aromatic carbocycles. The van der Waals surface area contributed by atoms with Gasteiger partial charge < -0.3 is 15.4 Å². The SMILES string of the molecule is COc1ccc(CCNC(=O)C2CCCNC2C)cc1. The molecule has 0 radical (unpaired) electrons. The second kappa shape index (κ2) is 7.29. The highest BCUT2D eigenvalue weighted by atomic mass is 16.5. The molecule has 0 aromatic heterocycles. The molecule has 1 aromatic rings. The summed E-state index contributed by atoms with van der Waals surface area (Å²) in [4.78, 5) is 12.1. The summed E-state index contributed by atoms with van der Waals surface area (Å²) in [5.41, 5.74) is 1.21. The van der Waals surface area contributed by atoms with E-state index in [9.17, 15) is 4.79 Å². The number of carbonyl (C=O) groups excluding carboxylic acids is 1. The topological polar surface area (TPSA) is 50.4 Å². The monoisotopic (exact) mass is 276 g/mol. The number of methoxy groups -OCH3 is 1. The highest BCUT2D eigenvalue weighted by molar-refractivity contribution is 5.79. The van der Waals surface area contributed by atoms with Crippen LogP contribution in [0.2, 0.25) is 0 Å². The number of benzene rings is 1. The van der Waals surface area contributed by atoms with Crippen molar-refractivity contribution < 1.29 is 9.53 Å². The van der Waals surface area contributed by atoms with Crippen molar-refractivity contribution in [1.82, 2.24) is 10.6 Å². The number of ether oxygens (including phenoxy) is 1. The predicted octanol–water partition coefficient (Wildman–Crippen LogP) is 1.74. The smallest absolute Gasteiger partial charge is 0.224 e. The van der Waals surface area contributed by atoms with Gasteiger partial charge in [0, 0.05) is 12.6 Å². The highest BCUT2D eigenvalue weighted by Crippen LogP contribution is 2.16. The van der Waals surface area contributed by atoms with Crippen LogP contribution in [0, 0.1) is 5.92 Å². The molecule has 4 nitrogen and oxygen atoms in total. The van der Waals surface area contributed by atoms with Gasteiger partial charge in [-0.1, -0.05) is 12.1 Å². The van der Waals surface area contributed by atoms with Crippen LogP contribution in [0.5, 0.6) is 5.75 Å². The quantitative estimate of drug-likeness (QED) is 0.861. The first kappa shape index (κ1) is 14.9. The Morgan fingerprint density at radius 1 is 1.40 bits per heavy atom. The van der Waals surface area contributed by atoms with E-state index in [0.29, 0.717) is 6.54 Å². The van der Waals surface area contributed by atoms with Crippen molar-refractivity contribution in [3.63, 3.8) is 0 Å². The van der Waals surface area contributed by atoms with Crippen molar-refractivity contribution in [3.05, 3.63) is 29.8 Å². The molecule has 1 amide bonds. The summed E-state index contributed by atoms with van der Waals surface area (Å²) in [6.45, 7) is 3.80. The largest absolute Gasteiger partial charge is 0.497 e. The average Bonchev–Trinajstić information content (AvgIpc) is 2.48. The molecular formula is C16H24N2O2. The molecule has 1 saturated heterocycles. The van der Waals surface area contributed by atoms with Crippen molar-refractivity contribution in [1.29, 1.82) is 0 Å². The van der Waals surface area contributed by atoms with Gasteiger partial charge in [-0.2, -0.15) is 0 Å². The number of hydrogen-bond donors (Lipinski definition) is 2. The summed E-state index contributed by atoms with van der Waals surface area (Å²) in [7, 11) is 1.66. The lowest BCUT2D eigenvalue weighted by Gasteiger charge is -2.28. The molecular weight excluding hydrogens is 252 g/mol. The molecule has 4 heteroatoms. The zero-order valence-electron chi connectivity index (χ0n) is 12.3. The molecule has 1 aliphatic rings. The van der Waals surface area contributed by atoms with Crippen molar-refractivity contribution in [2.24, 2.45) is 5.92 Å². The third kappa shape index (κ3) is 3.97. The first-order chi connectivity index (χ1) is 9.70. The van der Waals surface area contributed by atoms with Crippen molar-refractivity contribution in [2.45, 2.75) is 32.2 Å². The highest BCUT2D eigenvalue weighted by Gasteiger charge is 2.26. The number of piperidine rings is 1. The van der Waals surface area contributed by atoms with Crippen LogP contribution in [0.25, 0.3) is 0 Å². The van der Waals surface area contributed by atoms with E-state index >= 15 is 0 Å². The molecule has 0 bridgehead atoms. The molecule has 0 aliphatic carbocycles. The van der Waals surface area contributed by atoms with E-state index < -0.39 is 0 Å². The van der Waals surface area contributed by atoms with E-state index in [1.165, 1.54) is 5.56 Å². The van der Waals surface area contributed by atoms with Gasteiger partial charge in [0.25, 0.3) is 0 Å². The molecule has 0 spiro atoms. The fourth-order valence-electron chi connectivity index (χ4n) is 2.66. The molecule has 2 unspecified atom stereocenters. The molecule has 1 aliphatic heterocycles. The number of amides is 1. The van der Waals surface area contributed by atoms with E-state index in [-0.39, 0.29) is 17.9 Å². The maximum Gasteiger partial charge on any atom is 0.224 e. The minimum Gasteiger partial charge on any atom is -0.497 e. The fourth-order valence-corrected chi connectivity index (χ4v) is 2.66. The molecule has 1 heterocycles. The zero-order chi connectivity index (χ0) is 14.4. The summed E-state index contributed by atoms with van der Waals surface area (Å²) in [6, 6.07) is 8.25. The van der Waals surface area contributed by atoms with E-state index in [1.807, 2.05) is 24.3 Å². The number of rotatable bonds is 5. The van der Waals surface area contributed by atoms with E-state index in [0.717, 1.165) is 31.6 Å². The van der Waals surface area contributed by atoms with Gasteiger partial charge >= 0.3 is 0 Å². The van der Waals surface area contributed by atoms with Crippen LogP contribution in [0.3, 0.4) is 0 Å². The molecule has 20 heavy (non-hydrogen) atoms. The van der Waals surface area contributed by atoms with E-state index in [4.69, 9.17) is 4.74 Å². The van der Waals surface area contributed by atoms with Gasteiger partial charge in [0.05, 0.1) is 13.0 Å². The van der Waals surface area contributed by atoms with Crippen molar-refractivity contribution in [2.75, 3.05) is 20.2 Å². The predicted molar refractivity (Wildman–Crippen MR) is 79.9 cm³/mol. The van der Waals surface area contributed by atoms with Gasteiger partial charge in [0.2, 0.25) is 5.91 Å². The molecule has 0 saturated carbocycles. The van der Waals surface area contributed by atoms with Crippen LogP contribution in [-0.2, 0) is 11.2 Å². The summed E-state index contributed by atoms with van der Waals surface area (Å²) in [6.07, 6.45) is 2.92. The Kier molecular flexibility index (Phi) is 5.41. The Morgan fingerprint density at radius 2 is 2.15 bits per heavy atom. The minimum absolute atomic E-state index is 0.111. The second-order valence-electron chi connectivity index (χ2n) is 5.38. The van der Waals surface area contributed by atoms with Gasteiger partial charge in [-0.15, -0.1) is 0 Å². The molecule has 1 fully saturated rings. The van der Waals surface area contributed by atoms with Gasteiger partial charge in [-0.25, -0.2) is 0 Å². The van der Waals surface area contributed by atoms with Crippen molar-refractivity contribution >= 4 is 5.91 Å².